The zero-order chi connectivity index (χ0) is 15.5. The summed E-state index contributed by atoms with van der Waals surface area (Å²) >= 11 is 3.45. The van der Waals surface area contributed by atoms with Gasteiger partial charge in [-0.05, 0) is 42.8 Å². The van der Waals surface area contributed by atoms with Gasteiger partial charge >= 0.3 is 0 Å². The van der Waals surface area contributed by atoms with Crippen LogP contribution in [0.1, 0.15) is 18.1 Å². The lowest BCUT2D eigenvalue weighted by Crippen LogP contribution is -2.10. The first-order chi connectivity index (χ1) is 10.6. The fourth-order valence-electron chi connectivity index (χ4n) is 2.41. The Balaban J connectivity index is 1.97. The lowest BCUT2D eigenvalue weighted by Gasteiger charge is -2.18. The molecule has 22 heavy (non-hydrogen) atoms. The van der Waals surface area contributed by atoms with Crippen molar-refractivity contribution in [3.8, 4) is 5.75 Å². The van der Waals surface area contributed by atoms with Crippen molar-refractivity contribution in [1.82, 2.24) is 0 Å². The third-order valence-electron chi connectivity index (χ3n) is 3.55. The van der Waals surface area contributed by atoms with Gasteiger partial charge in [-0.3, -0.25) is 4.79 Å². The maximum atomic E-state index is 12.0. The highest BCUT2D eigenvalue weighted by Gasteiger charge is 2.17. The van der Waals surface area contributed by atoms with E-state index < -0.39 is 0 Å². The van der Waals surface area contributed by atoms with Crippen LogP contribution in [0, 0.1) is 0 Å². The largest absolute Gasteiger partial charge is 0.456 e. The van der Waals surface area contributed by atoms with Crippen LogP contribution in [0.3, 0.4) is 0 Å². The Morgan fingerprint density at radius 2 is 1.86 bits per heavy atom. The van der Waals surface area contributed by atoms with Crippen molar-refractivity contribution in [2.45, 2.75) is 13.3 Å². The van der Waals surface area contributed by atoms with Crippen molar-refractivity contribution in [3.63, 3.8) is 0 Å². The van der Waals surface area contributed by atoms with Crippen LogP contribution in [-0.2, 0) is 11.2 Å². The first kappa shape index (κ1) is 14.8. The number of allylic oxidation sites excluding steroid dienone is 2. The van der Waals surface area contributed by atoms with Gasteiger partial charge in [-0.1, -0.05) is 46.3 Å². The third-order valence-corrected chi connectivity index (χ3v) is 4.05. The molecule has 0 saturated heterocycles. The second-order valence-electron chi connectivity index (χ2n) is 5.18. The lowest BCUT2D eigenvalue weighted by atomic mass is 9.99. The second kappa shape index (κ2) is 6.32. The number of hydrogen-bond acceptors (Lipinski definition) is 2. The number of Topliss-reactive ketones (excluding diaryl/α,β-unsaturated/α-hetero) is 1. The molecule has 110 valence electrons. The number of ketones is 1. The molecule has 0 fully saturated rings. The molecule has 0 unspecified atom stereocenters. The molecule has 0 saturated carbocycles. The van der Waals surface area contributed by atoms with Gasteiger partial charge in [-0.25, -0.2) is 0 Å². The molecule has 3 heteroatoms. The molecule has 2 aromatic carbocycles. The summed E-state index contributed by atoms with van der Waals surface area (Å²) in [4.78, 5) is 12.0. The van der Waals surface area contributed by atoms with Gasteiger partial charge in [0.2, 0.25) is 0 Å². The molecule has 0 atom stereocenters. The predicted octanol–water partition coefficient (Wildman–Crippen LogP) is 4.94. The van der Waals surface area contributed by atoms with E-state index in [9.17, 15) is 4.79 Å². The lowest BCUT2D eigenvalue weighted by molar-refractivity contribution is -0.113. The van der Waals surface area contributed by atoms with Gasteiger partial charge in [0.1, 0.15) is 11.5 Å². The summed E-state index contributed by atoms with van der Waals surface area (Å²) in [6.45, 7) is 1.58. The van der Waals surface area contributed by atoms with Gasteiger partial charge in [-0.2, -0.15) is 0 Å². The van der Waals surface area contributed by atoms with E-state index in [0.29, 0.717) is 17.8 Å². The summed E-state index contributed by atoms with van der Waals surface area (Å²) in [6, 6.07) is 15.8. The van der Waals surface area contributed by atoms with Crippen LogP contribution in [-0.4, -0.2) is 5.78 Å². The maximum Gasteiger partial charge on any atom is 0.159 e. The standard InChI is InChI=1S/C19H15BrO2/c1-13(21)17(11-14-5-3-2-4-6-14)19-9-7-15-12-16(20)8-10-18(15)22-19/h2-10,12H,11H2,1H3/b19-17+. The van der Waals surface area contributed by atoms with E-state index in [0.717, 1.165) is 21.3 Å². The van der Waals surface area contributed by atoms with Gasteiger partial charge in [0, 0.05) is 22.0 Å². The molecule has 0 aromatic heterocycles. The zero-order valence-corrected chi connectivity index (χ0v) is 13.8. The van der Waals surface area contributed by atoms with Gasteiger partial charge in [0.15, 0.2) is 5.78 Å². The Kier molecular flexibility index (Phi) is 4.25. The molecule has 2 nitrogen and oxygen atoms in total. The van der Waals surface area contributed by atoms with E-state index in [-0.39, 0.29) is 5.78 Å². The SMILES string of the molecule is CC(=O)/C(Cc1ccccc1)=C1\C=Cc2cc(Br)ccc2O1. The van der Waals surface area contributed by atoms with Crippen molar-refractivity contribution >= 4 is 27.8 Å². The van der Waals surface area contributed by atoms with Crippen LogP contribution in [0.5, 0.6) is 5.75 Å². The van der Waals surface area contributed by atoms with E-state index in [2.05, 4.69) is 15.9 Å². The zero-order valence-electron chi connectivity index (χ0n) is 12.2. The first-order valence-electron chi connectivity index (χ1n) is 7.07. The highest BCUT2D eigenvalue weighted by Crippen LogP contribution is 2.31. The van der Waals surface area contributed by atoms with Crippen molar-refractivity contribution in [1.29, 1.82) is 0 Å². The van der Waals surface area contributed by atoms with E-state index in [1.165, 1.54) is 0 Å². The van der Waals surface area contributed by atoms with Crippen molar-refractivity contribution in [3.05, 3.63) is 81.5 Å². The molecule has 0 spiro atoms. The molecular weight excluding hydrogens is 340 g/mol. The van der Waals surface area contributed by atoms with Crippen LogP contribution < -0.4 is 4.74 Å². The Hall–Kier alpha value is -2.13. The van der Waals surface area contributed by atoms with Crippen LogP contribution in [0.2, 0.25) is 0 Å². The second-order valence-corrected chi connectivity index (χ2v) is 6.09. The van der Waals surface area contributed by atoms with Crippen molar-refractivity contribution in [2.75, 3.05) is 0 Å². The van der Waals surface area contributed by atoms with E-state index in [4.69, 9.17) is 4.74 Å². The Bertz CT molecular complexity index is 773. The Morgan fingerprint density at radius 3 is 2.59 bits per heavy atom. The summed E-state index contributed by atoms with van der Waals surface area (Å²) < 4.78 is 6.94. The van der Waals surface area contributed by atoms with Crippen LogP contribution in [0.15, 0.2) is 70.4 Å². The van der Waals surface area contributed by atoms with Gasteiger partial charge in [0.25, 0.3) is 0 Å². The number of hydrogen-bond donors (Lipinski definition) is 0. The van der Waals surface area contributed by atoms with E-state index in [1.54, 1.807) is 6.92 Å². The smallest absolute Gasteiger partial charge is 0.159 e. The summed E-state index contributed by atoms with van der Waals surface area (Å²) in [5.74, 6) is 1.43. The molecule has 2 aromatic rings. The highest BCUT2D eigenvalue weighted by molar-refractivity contribution is 9.10. The molecule has 1 heterocycles. The molecule has 3 rings (SSSR count). The quantitative estimate of drug-likeness (QED) is 0.729. The minimum absolute atomic E-state index is 0.0315. The number of carbonyl (C=O) groups is 1. The predicted molar refractivity (Wildman–Crippen MR) is 91.7 cm³/mol. The molecule has 0 N–H and O–H groups in total. The molecule has 0 radical (unpaired) electrons. The Morgan fingerprint density at radius 1 is 1.09 bits per heavy atom. The summed E-state index contributed by atoms with van der Waals surface area (Å²) in [6.07, 6.45) is 4.42. The molecular formula is C19H15BrO2. The summed E-state index contributed by atoms with van der Waals surface area (Å²) in [7, 11) is 0. The highest BCUT2D eigenvalue weighted by atomic mass is 79.9. The maximum absolute atomic E-state index is 12.0. The van der Waals surface area contributed by atoms with Crippen molar-refractivity contribution in [2.24, 2.45) is 0 Å². The molecule has 1 aliphatic rings. The number of benzene rings is 2. The van der Waals surface area contributed by atoms with Crippen molar-refractivity contribution < 1.29 is 9.53 Å². The summed E-state index contributed by atoms with van der Waals surface area (Å²) in [5.41, 5.74) is 2.79. The first-order valence-corrected chi connectivity index (χ1v) is 7.86. The van der Waals surface area contributed by atoms with Crippen LogP contribution >= 0.6 is 15.9 Å². The monoisotopic (exact) mass is 354 g/mol. The fraction of sp³-hybridized carbons (Fsp3) is 0.105. The van der Waals surface area contributed by atoms with Gasteiger partial charge < -0.3 is 4.74 Å². The number of rotatable bonds is 3. The average Bonchev–Trinajstić information content (AvgIpc) is 2.53. The average molecular weight is 355 g/mol. The van der Waals surface area contributed by atoms with E-state index >= 15 is 0 Å². The minimum Gasteiger partial charge on any atom is -0.456 e. The summed E-state index contributed by atoms with van der Waals surface area (Å²) in [5, 5.41) is 0. The number of ether oxygens (including phenoxy) is 1. The third kappa shape index (κ3) is 3.20. The van der Waals surface area contributed by atoms with Gasteiger partial charge in [0.05, 0.1) is 0 Å². The molecule has 0 aliphatic carbocycles. The van der Waals surface area contributed by atoms with Gasteiger partial charge in [-0.15, -0.1) is 0 Å². The Labute approximate surface area is 138 Å². The minimum atomic E-state index is 0.0315. The number of halogens is 1. The normalized spacial score (nSPS) is 15.0. The number of carbonyl (C=O) groups excluding carboxylic acids is 1. The topological polar surface area (TPSA) is 26.3 Å². The van der Waals surface area contributed by atoms with E-state index in [1.807, 2.05) is 60.7 Å². The molecule has 0 amide bonds. The number of fused-ring (bicyclic) bond motifs is 1. The van der Waals surface area contributed by atoms with Crippen LogP contribution in [0.25, 0.3) is 6.08 Å². The molecule has 0 bridgehead atoms. The fourth-order valence-corrected chi connectivity index (χ4v) is 2.79. The van der Waals surface area contributed by atoms with Crippen LogP contribution in [0.4, 0.5) is 0 Å². The molecule has 1 aliphatic heterocycles.